The van der Waals surface area contributed by atoms with Crippen LogP contribution in [0.4, 0.5) is 0 Å². The number of para-hydroxylation sites is 1. The Morgan fingerprint density at radius 1 is 1.03 bits per heavy atom. The molecule has 1 amide bonds. The highest BCUT2D eigenvalue weighted by Crippen LogP contribution is 2.43. The number of nitrogens with zero attached hydrogens (tertiary/aromatic N) is 1. The van der Waals surface area contributed by atoms with Gasteiger partial charge < -0.3 is 19.5 Å². The van der Waals surface area contributed by atoms with Gasteiger partial charge in [-0.05, 0) is 49.6 Å². The third-order valence-electron chi connectivity index (χ3n) is 5.72. The molecular formula is C25H29NO5. The first-order valence-electron chi connectivity index (χ1n) is 10.4. The van der Waals surface area contributed by atoms with Crippen molar-refractivity contribution in [1.82, 2.24) is 4.90 Å². The number of aryl methyl sites for hydroxylation is 2. The van der Waals surface area contributed by atoms with Crippen LogP contribution in [0.25, 0.3) is 5.76 Å². The Morgan fingerprint density at radius 3 is 2.35 bits per heavy atom. The number of ketones is 1. The quantitative estimate of drug-likeness (QED) is 0.402. The minimum absolute atomic E-state index is 0.0817. The van der Waals surface area contributed by atoms with Gasteiger partial charge in [0.25, 0.3) is 11.7 Å². The van der Waals surface area contributed by atoms with E-state index in [1.54, 1.807) is 31.3 Å². The van der Waals surface area contributed by atoms with Crippen molar-refractivity contribution in [2.75, 3.05) is 20.8 Å². The molecule has 164 valence electrons. The van der Waals surface area contributed by atoms with Crippen LogP contribution in [-0.2, 0) is 9.59 Å². The predicted octanol–water partition coefficient (Wildman–Crippen LogP) is 4.54. The fourth-order valence-corrected chi connectivity index (χ4v) is 4.06. The summed E-state index contributed by atoms with van der Waals surface area (Å²) in [5.41, 5.74) is 2.83. The van der Waals surface area contributed by atoms with E-state index >= 15 is 0 Å². The molecule has 1 atom stereocenters. The number of hydrogen-bond donors (Lipinski definition) is 1. The van der Waals surface area contributed by atoms with Gasteiger partial charge in [0.15, 0.2) is 0 Å². The van der Waals surface area contributed by atoms with Crippen LogP contribution in [0.15, 0.2) is 42.0 Å². The maximum absolute atomic E-state index is 13.1. The highest BCUT2D eigenvalue weighted by Gasteiger charge is 2.46. The molecule has 6 nitrogen and oxygen atoms in total. The van der Waals surface area contributed by atoms with Gasteiger partial charge >= 0.3 is 0 Å². The number of rotatable bonds is 7. The molecule has 2 aromatic rings. The summed E-state index contributed by atoms with van der Waals surface area (Å²) in [6.45, 7) is 6.15. The Labute approximate surface area is 183 Å². The van der Waals surface area contributed by atoms with Crippen LogP contribution in [0.2, 0.25) is 0 Å². The third-order valence-corrected chi connectivity index (χ3v) is 5.72. The van der Waals surface area contributed by atoms with Crippen molar-refractivity contribution in [1.29, 1.82) is 0 Å². The Balaban J connectivity index is 2.26. The lowest BCUT2D eigenvalue weighted by atomic mass is 9.92. The summed E-state index contributed by atoms with van der Waals surface area (Å²) in [5, 5.41) is 11.3. The molecule has 0 aromatic heterocycles. The van der Waals surface area contributed by atoms with Gasteiger partial charge in [0.2, 0.25) is 0 Å². The zero-order valence-electron chi connectivity index (χ0n) is 18.7. The number of aliphatic hydroxyl groups is 1. The fourth-order valence-electron chi connectivity index (χ4n) is 4.06. The lowest BCUT2D eigenvalue weighted by molar-refractivity contribution is -0.139. The Hall–Kier alpha value is -3.28. The van der Waals surface area contributed by atoms with E-state index in [9.17, 15) is 14.7 Å². The molecular weight excluding hydrogens is 394 g/mol. The molecule has 0 radical (unpaired) electrons. The van der Waals surface area contributed by atoms with E-state index in [0.29, 0.717) is 29.2 Å². The summed E-state index contributed by atoms with van der Waals surface area (Å²) < 4.78 is 10.9. The molecule has 1 unspecified atom stereocenters. The number of carbonyl (C=O) groups is 2. The molecule has 1 heterocycles. The first kappa shape index (κ1) is 22.4. The normalized spacial score (nSPS) is 17.8. The van der Waals surface area contributed by atoms with E-state index < -0.39 is 17.7 Å². The van der Waals surface area contributed by atoms with Crippen LogP contribution >= 0.6 is 0 Å². The number of hydrogen-bond acceptors (Lipinski definition) is 5. The first-order chi connectivity index (χ1) is 14.8. The summed E-state index contributed by atoms with van der Waals surface area (Å²) in [4.78, 5) is 27.6. The molecule has 1 aliphatic heterocycles. The smallest absolute Gasteiger partial charge is 0.295 e. The van der Waals surface area contributed by atoms with Crippen LogP contribution in [0.5, 0.6) is 11.5 Å². The molecule has 31 heavy (non-hydrogen) atoms. The Bertz CT molecular complexity index is 1040. The van der Waals surface area contributed by atoms with Crippen molar-refractivity contribution < 1.29 is 24.2 Å². The Kier molecular flexibility index (Phi) is 6.68. The van der Waals surface area contributed by atoms with Crippen LogP contribution in [0, 0.1) is 13.8 Å². The zero-order chi connectivity index (χ0) is 22.7. The second-order valence-corrected chi connectivity index (χ2v) is 7.72. The standard InChI is InChI=1S/C25H29NO5/c1-6-7-12-26-22(17-10-8-9-11-19(17)30-4)21(24(28)25(26)29)23(27)18-13-16(3)20(31-5)14-15(18)2/h8-11,13-14,22,27H,6-7,12H2,1-5H3/b23-21+. The molecule has 1 aliphatic rings. The van der Waals surface area contributed by atoms with Crippen LogP contribution in [0.3, 0.4) is 0 Å². The van der Waals surface area contributed by atoms with E-state index in [4.69, 9.17) is 9.47 Å². The molecule has 1 saturated heterocycles. The number of carbonyl (C=O) groups excluding carboxylic acids is 2. The van der Waals surface area contributed by atoms with Gasteiger partial charge in [0.1, 0.15) is 17.3 Å². The molecule has 0 spiro atoms. The number of benzene rings is 2. The van der Waals surface area contributed by atoms with Crippen LogP contribution < -0.4 is 9.47 Å². The van der Waals surface area contributed by atoms with Gasteiger partial charge in [-0.15, -0.1) is 0 Å². The molecule has 0 saturated carbocycles. The maximum atomic E-state index is 13.1. The van der Waals surface area contributed by atoms with Gasteiger partial charge in [0, 0.05) is 17.7 Å². The van der Waals surface area contributed by atoms with Crippen molar-refractivity contribution in [2.45, 2.75) is 39.7 Å². The average molecular weight is 424 g/mol. The van der Waals surface area contributed by atoms with Gasteiger partial charge in [-0.3, -0.25) is 9.59 Å². The molecule has 6 heteroatoms. The monoisotopic (exact) mass is 423 g/mol. The number of methoxy groups -OCH3 is 2. The van der Waals surface area contributed by atoms with Crippen molar-refractivity contribution >= 4 is 17.4 Å². The largest absolute Gasteiger partial charge is 0.507 e. The van der Waals surface area contributed by atoms with E-state index in [1.165, 1.54) is 0 Å². The lowest BCUT2D eigenvalue weighted by Crippen LogP contribution is -2.30. The summed E-state index contributed by atoms with van der Waals surface area (Å²) in [6.07, 6.45) is 1.62. The van der Waals surface area contributed by atoms with Gasteiger partial charge in [0.05, 0.1) is 25.8 Å². The van der Waals surface area contributed by atoms with Crippen molar-refractivity contribution in [3.63, 3.8) is 0 Å². The summed E-state index contributed by atoms with van der Waals surface area (Å²) in [7, 11) is 3.14. The number of likely N-dealkylation sites (tertiary alicyclic amines) is 1. The molecule has 3 rings (SSSR count). The Morgan fingerprint density at radius 2 is 1.71 bits per heavy atom. The summed E-state index contributed by atoms with van der Waals surface area (Å²) in [6, 6.07) is 10.2. The second-order valence-electron chi connectivity index (χ2n) is 7.72. The lowest BCUT2D eigenvalue weighted by Gasteiger charge is -2.26. The first-order valence-corrected chi connectivity index (χ1v) is 10.4. The third kappa shape index (κ3) is 4.02. The number of amides is 1. The molecule has 0 aliphatic carbocycles. The highest BCUT2D eigenvalue weighted by atomic mass is 16.5. The van der Waals surface area contributed by atoms with Crippen LogP contribution in [-0.4, -0.2) is 42.5 Å². The number of ether oxygens (including phenoxy) is 2. The summed E-state index contributed by atoms with van der Waals surface area (Å²) >= 11 is 0. The van der Waals surface area contributed by atoms with E-state index in [2.05, 4.69) is 0 Å². The minimum atomic E-state index is -0.718. The summed E-state index contributed by atoms with van der Waals surface area (Å²) in [5.74, 6) is -0.217. The highest BCUT2D eigenvalue weighted by molar-refractivity contribution is 6.46. The van der Waals surface area contributed by atoms with Gasteiger partial charge in [-0.25, -0.2) is 0 Å². The predicted molar refractivity (Wildman–Crippen MR) is 119 cm³/mol. The number of Topliss-reactive ketones (excluding diaryl/α,β-unsaturated/α-hetero) is 1. The van der Waals surface area contributed by atoms with Gasteiger partial charge in [-0.1, -0.05) is 31.5 Å². The van der Waals surface area contributed by atoms with Crippen molar-refractivity contribution in [3.8, 4) is 11.5 Å². The maximum Gasteiger partial charge on any atom is 0.295 e. The minimum Gasteiger partial charge on any atom is -0.507 e. The van der Waals surface area contributed by atoms with E-state index in [-0.39, 0.29) is 11.3 Å². The second kappa shape index (κ2) is 9.25. The SMILES string of the molecule is CCCCN1C(=O)C(=O)/C(=C(/O)c2cc(C)c(OC)cc2C)C1c1ccccc1OC. The van der Waals surface area contributed by atoms with E-state index in [1.807, 2.05) is 45.0 Å². The fraction of sp³-hybridized carbons (Fsp3) is 0.360. The van der Waals surface area contributed by atoms with Crippen molar-refractivity contribution in [3.05, 3.63) is 64.2 Å². The topological polar surface area (TPSA) is 76.1 Å². The molecule has 1 N–H and O–H groups in total. The van der Waals surface area contributed by atoms with E-state index in [0.717, 1.165) is 24.0 Å². The number of aliphatic hydroxyl groups excluding tert-OH is 1. The zero-order valence-corrected chi connectivity index (χ0v) is 18.7. The molecule has 2 aromatic carbocycles. The number of unbranched alkanes of at least 4 members (excludes halogenated alkanes) is 1. The van der Waals surface area contributed by atoms with Crippen molar-refractivity contribution in [2.24, 2.45) is 0 Å². The molecule has 1 fully saturated rings. The average Bonchev–Trinajstić information content (AvgIpc) is 3.02. The molecule has 0 bridgehead atoms. The van der Waals surface area contributed by atoms with Gasteiger partial charge in [-0.2, -0.15) is 0 Å². The van der Waals surface area contributed by atoms with Crippen LogP contribution in [0.1, 0.15) is 48.1 Å².